The van der Waals surface area contributed by atoms with E-state index in [0.29, 0.717) is 58.4 Å². The van der Waals surface area contributed by atoms with Gasteiger partial charge in [0, 0.05) is 39.3 Å². The molecule has 0 atom stereocenters. The predicted molar refractivity (Wildman–Crippen MR) is 179 cm³/mol. The number of guanidine groups is 1. The van der Waals surface area contributed by atoms with E-state index in [4.69, 9.17) is 19.7 Å². The third kappa shape index (κ3) is 28.0. The number of rotatable bonds is 20. The second-order valence-corrected chi connectivity index (χ2v) is 13.0. The number of aliphatic imine (C=N–C) groups is 1. The van der Waals surface area contributed by atoms with Gasteiger partial charge in [-0.15, -0.1) is 0 Å². The average molecular weight is 688 g/mol. The van der Waals surface area contributed by atoms with Crippen molar-refractivity contribution in [3.63, 3.8) is 0 Å². The molecule has 0 aromatic heterocycles. The van der Waals surface area contributed by atoms with Gasteiger partial charge in [-0.3, -0.25) is 25.2 Å². The fraction of sp³-hybridized carbons (Fsp3) is 0.774. The van der Waals surface area contributed by atoms with E-state index < -0.39 is 35.6 Å². The maximum Gasteiger partial charge on any atom is 0.414 e. The zero-order chi connectivity index (χ0) is 36.6. The lowest BCUT2D eigenvalue weighted by molar-refractivity contribution is -0.129. The van der Waals surface area contributed by atoms with Crippen molar-refractivity contribution in [1.29, 1.82) is 0 Å². The minimum absolute atomic E-state index is 0.191. The molecule has 0 aliphatic heterocycles. The Kier molecular flexibility index (Phi) is 21.8. The van der Waals surface area contributed by atoms with Crippen molar-refractivity contribution in [3.8, 4) is 0 Å². The second kappa shape index (κ2) is 23.9. The number of hydrogen-bond acceptors (Lipinski definition) is 9. The number of nitrogens with one attached hydrogen (secondary N) is 5. The summed E-state index contributed by atoms with van der Waals surface area (Å²) in [6.07, 6.45) is 2.60. The van der Waals surface area contributed by atoms with Crippen LogP contribution < -0.4 is 26.6 Å². The molecule has 0 rings (SSSR count). The number of carboxylic acid groups (broad SMARTS) is 2. The zero-order valence-corrected chi connectivity index (χ0v) is 29.4. The molecule has 0 aromatic carbocycles. The highest BCUT2D eigenvalue weighted by Crippen LogP contribution is 2.11. The van der Waals surface area contributed by atoms with E-state index in [2.05, 4.69) is 26.3 Å². The largest absolute Gasteiger partial charge is 0.465 e. The van der Waals surface area contributed by atoms with Gasteiger partial charge in [-0.2, -0.15) is 0 Å². The minimum Gasteiger partial charge on any atom is -0.465 e. The van der Waals surface area contributed by atoms with E-state index in [1.54, 1.807) is 41.5 Å². The Bertz CT molecular complexity index is 1060. The molecule has 17 heteroatoms. The van der Waals surface area contributed by atoms with Crippen LogP contribution in [0.2, 0.25) is 0 Å². The summed E-state index contributed by atoms with van der Waals surface area (Å²) in [6, 6.07) is 0. The van der Waals surface area contributed by atoms with Gasteiger partial charge in [0.1, 0.15) is 17.6 Å². The number of unbranched alkanes of at least 4 members (excludes halogenated alkanes) is 6. The van der Waals surface area contributed by atoms with Gasteiger partial charge in [0.25, 0.3) is 0 Å². The molecule has 0 fully saturated rings. The first kappa shape index (κ1) is 43.7. The number of ether oxygens (including phenoxy) is 2. The van der Waals surface area contributed by atoms with Crippen LogP contribution in [0.15, 0.2) is 4.99 Å². The second-order valence-electron chi connectivity index (χ2n) is 13.0. The monoisotopic (exact) mass is 687 g/mol. The molecule has 0 aliphatic rings. The zero-order valence-electron chi connectivity index (χ0n) is 29.4. The van der Waals surface area contributed by atoms with Crippen molar-refractivity contribution in [2.75, 3.05) is 39.3 Å². The van der Waals surface area contributed by atoms with Crippen LogP contribution in [-0.2, 0) is 19.1 Å². The van der Waals surface area contributed by atoms with Gasteiger partial charge in [0.15, 0.2) is 0 Å². The first-order chi connectivity index (χ1) is 22.4. The Morgan fingerprint density at radius 2 is 1.10 bits per heavy atom. The fourth-order valence-electron chi connectivity index (χ4n) is 3.99. The van der Waals surface area contributed by atoms with Crippen LogP contribution in [0.25, 0.3) is 0 Å². The standard InChI is InChI=1S/C31H57N7O10/c1-30(2,3)47-28(45)37-25(36-27(43)44)34-18-12-10-8-7-9-11-16-32-23(39)22-24(40)33-17-13-14-20-38(21-15-19-35-26(41)42)29(46)48-31(4,5)6/h35H,7-22H2,1-6H3,(H,32,39)(H,33,40)(H,41,42)(H,43,44)(H2,34,36,37,45). The Hall–Kier alpha value is -4.31. The maximum absolute atomic E-state index is 12.5. The number of carbonyl (C=O) groups excluding carboxylic acids is 4. The van der Waals surface area contributed by atoms with Gasteiger partial charge in [0.05, 0.1) is 0 Å². The molecule has 276 valence electrons. The lowest BCUT2D eigenvalue weighted by atomic mass is 10.1. The molecular formula is C31H57N7O10. The van der Waals surface area contributed by atoms with E-state index in [1.165, 1.54) is 4.90 Å². The SMILES string of the molecule is CC(C)(C)OC(=O)NC(=NCCCCCCCCNC(=O)CC(=O)NCCCCN(CCCNC(=O)O)C(=O)OC(C)(C)C)NC(=O)O. The van der Waals surface area contributed by atoms with Gasteiger partial charge in [-0.1, -0.05) is 25.7 Å². The quantitative estimate of drug-likeness (QED) is 0.0423. The van der Waals surface area contributed by atoms with Crippen molar-refractivity contribution in [2.45, 2.75) is 117 Å². The first-order valence-electron chi connectivity index (χ1n) is 16.4. The van der Waals surface area contributed by atoms with Crippen molar-refractivity contribution in [2.24, 2.45) is 4.99 Å². The summed E-state index contributed by atoms with van der Waals surface area (Å²) in [6.45, 7) is 12.4. The van der Waals surface area contributed by atoms with E-state index in [9.17, 15) is 28.8 Å². The van der Waals surface area contributed by atoms with Crippen molar-refractivity contribution in [3.05, 3.63) is 0 Å². The van der Waals surface area contributed by atoms with Crippen molar-refractivity contribution in [1.82, 2.24) is 31.5 Å². The Balaban J connectivity index is 4.12. The maximum atomic E-state index is 12.5. The third-order valence-electron chi connectivity index (χ3n) is 6.05. The third-order valence-corrected chi connectivity index (χ3v) is 6.05. The van der Waals surface area contributed by atoms with E-state index in [1.807, 2.05) is 5.32 Å². The van der Waals surface area contributed by atoms with Gasteiger partial charge >= 0.3 is 24.4 Å². The highest BCUT2D eigenvalue weighted by molar-refractivity contribution is 6.00. The predicted octanol–water partition coefficient (Wildman–Crippen LogP) is 3.77. The molecule has 0 bridgehead atoms. The number of hydrogen-bond donors (Lipinski definition) is 7. The molecule has 17 nitrogen and oxygen atoms in total. The highest BCUT2D eigenvalue weighted by atomic mass is 16.6. The van der Waals surface area contributed by atoms with Crippen molar-refractivity contribution < 1.29 is 48.5 Å². The van der Waals surface area contributed by atoms with E-state index in [0.717, 1.165) is 32.1 Å². The van der Waals surface area contributed by atoms with Crippen LogP contribution in [0, 0.1) is 0 Å². The molecule has 0 saturated carbocycles. The van der Waals surface area contributed by atoms with Gasteiger partial charge < -0.3 is 40.5 Å². The van der Waals surface area contributed by atoms with Crippen LogP contribution >= 0.6 is 0 Å². The van der Waals surface area contributed by atoms with Crippen molar-refractivity contribution >= 4 is 42.1 Å². The molecule has 0 saturated heterocycles. The Morgan fingerprint density at radius 1 is 0.604 bits per heavy atom. The van der Waals surface area contributed by atoms with Crippen LogP contribution in [-0.4, -0.2) is 108 Å². The summed E-state index contributed by atoms with van der Waals surface area (Å²) < 4.78 is 10.5. The van der Waals surface area contributed by atoms with E-state index >= 15 is 0 Å². The molecule has 7 N–H and O–H groups in total. The minimum atomic E-state index is -1.35. The summed E-state index contributed by atoms with van der Waals surface area (Å²) in [5, 5.41) is 29.7. The number of amides is 6. The number of alkyl carbamates (subject to hydrolysis) is 1. The molecule has 0 spiro atoms. The summed E-state index contributed by atoms with van der Waals surface area (Å²) in [7, 11) is 0. The molecule has 0 heterocycles. The molecule has 0 aliphatic carbocycles. The first-order valence-corrected chi connectivity index (χ1v) is 16.4. The Labute approximate surface area is 283 Å². The molecule has 0 unspecified atom stereocenters. The summed E-state index contributed by atoms with van der Waals surface area (Å²) in [4.78, 5) is 75.8. The number of nitrogens with zero attached hydrogens (tertiary/aromatic N) is 2. The molecule has 6 amide bonds. The lowest BCUT2D eigenvalue weighted by Gasteiger charge is -2.27. The topological polar surface area (TPSA) is 237 Å². The van der Waals surface area contributed by atoms with Gasteiger partial charge in [-0.25, -0.2) is 19.2 Å². The normalized spacial score (nSPS) is 11.6. The summed E-state index contributed by atoms with van der Waals surface area (Å²) in [5.41, 5.74) is -1.40. The molecule has 0 radical (unpaired) electrons. The number of carbonyl (C=O) groups is 6. The van der Waals surface area contributed by atoms with Crippen LogP contribution in [0.3, 0.4) is 0 Å². The van der Waals surface area contributed by atoms with Gasteiger partial charge in [-0.05, 0) is 73.6 Å². The van der Waals surface area contributed by atoms with E-state index in [-0.39, 0.29) is 30.7 Å². The van der Waals surface area contributed by atoms with Gasteiger partial charge in [0.2, 0.25) is 17.8 Å². The summed E-state index contributed by atoms with van der Waals surface area (Å²) in [5.74, 6) is -0.937. The highest BCUT2D eigenvalue weighted by Gasteiger charge is 2.22. The average Bonchev–Trinajstić information content (AvgIpc) is 2.92. The van der Waals surface area contributed by atoms with Crippen LogP contribution in [0.5, 0.6) is 0 Å². The Morgan fingerprint density at radius 3 is 1.65 bits per heavy atom. The molecular weight excluding hydrogens is 630 g/mol. The van der Waals surface area contributed by atoms with Crippen LogP contribution in [0.4, 0.5) is 19.2 Å². The smallest absolute Gasteiger partial charge is 0.414 e. The lowest BCUT2D eigenvalue weighted by Crippen LogP contribution is -2.45. The summed E-state index contributed by atoms with van der Waals surface area (Å²) >= 11 is 0. The fourth-order valence-corrected chi connectivity index (χ4v) is 3.99. The molecule has 48 heavy (non-hydrogen) atoms. The molecule has 0 aromatic rings. The van der Waals surface area contributed by atoms with Crippen LogP contribution in [0.1, 0.15) is 106 Å².